The molecule has 0 radical (unpaired) electrons. The van der Waals surface area contributed by atoms with Crippen molar-refractivity contribution >= 4 is 52.4 Å². The van der Waals surface area contributed by atoms with Crippen molar-refractivity contribution < 1.29 is 44.7 Å². The molecule has 2 aromatic rings. The molecule has 0 bridgehead atoms. The number of allylic oxidation sites excluding steroid dienone is 1. The quantitative estimate of drug-likeness (QED) is 0.127. The summed E-state index contributed by atoms with van der Waals surface area (Å²) in [7, 11) is 0. The summed E-state index contributed by atoms with van der Waals surface area (Å²) >= 11 is 17.2. The Kier molecular flexibility index (Phi) is 9.80. The van der Waals surface area contributed by atoms with E-state index in [4.69, 9.17) is 40.6 Å². The van der Waals surface area contributed by atoms with Crippen molar-refractivity contribution in [3.05, 3.63) is 74.0 Å². The summed E-state index contributed by atoms with van der Waals surface area (Å²) in [6.45, 7) is -2.78. The van der Waals surface area contributed by atoms with Gasteiger partial charge in [-0.2, -0.15) is 26.3 Å². The largest absolute Gasteiger partial charge is 0.405 e. The first kappa shape index (κ1) is 30.6. The molecule has 5 nitrogen and oxygen atoms in total. The van der Waals surface area contributed by atoms with Gasteiger partial charge < -0.3 is 5.32 Å². The molecule has 202 valence electrons. The van der Waals surface area contributed by atoms with Gasteiger partial charge >= 0.3 is 12.4 Å². The van der Waals surface area contributed by atoms with Gasteiger partial charge in [0.25, 0.3) is 5.91 Å². The van der Waals surface area contributed by atoms with Crippen LogP contribution in [0.5, 0.6) is 0 Å². The standard InChI is InChI=1S/C21H14Cl3F8N3O2/c22-13-3-10(4-14(23)18(13)24)12(21(30,31)32)6-15(25)9-1-2-11(16(26)5-9)19(37)35(33)7-17(36)34-8-20(27,28)29/h1-6,12H,7-8,33H2,(H,34,36)/b15-6-. The van der Waals surface area contributed by atoms with Crippen LogP contribution in [0.2, 0.25) is 15.1 Å². The number of carbonyl (C=O) groups excluding carboxylic acids is 2. The van der Waals surface area contributed by atoms with Crippen LogP contribution in [0, 0.1) is 5.82 Å². The molecule has 1 atom stereocenters. The topological polar surface area (TPSA) is 75.4 Å². The molecule has 16 heteroatoms. The van der Waals surface area contributed by atoms with Crippen LogP contribution in [0.4, 0.5) is 35.1 Å². The minimum Gasteiger partial charge on any atom is -0.345 e. The number of carbonyl (C=O) groups is 2. The summed E-state index contributed by atoms with van der Waals surface area (Å²) in [5, 5.41) is 0.693. The average Bonchev–Trinajstić information content (AvgIpc) is 2.77. The summed E-state index contributed by atoms with van der Waals surface area (Å²) in [5.74, 6) is -2.90. The number of hydrogen-bond acceptors (Lipinski definition) is 3. The highest BCUT2D eigenvalue weighted by molar-refractivity contribution is 6.48. The van der Waals surface area contributed by atoms with Crippen molar-refractivity contribution in [2.45, 2.75) is 18.3 Å². The van der Waals surface area contributed by atoms with Gasteiger partial charge in [-0.05, 0) is 35.9 Å². The molecule has 0 spiro atoms. The third-order valence-electron chi connectivity index (χ3n) is 4.57. The van der Waals surface area contributed by atoms with E-state index in [1.807, 2.05) is 0 Å². The Morgan fingerprint density at radius 1 is 1.03 bits per heavy atom. The lowest BCUT2D eigenvalue weighted by Crippen LogP contribution is -2.46. The number of hydrogen-bond donors (Lipinski definition) is 2. The van der Waals surface area contributed by atoms with Gasteiger partial charge in [0.2, 0.25) is 5.91 Å². The fourth-order valence-corrected chi connectivity index (χ4v) is 3.46. The van der Waals surface area contributed by atoms with E-state index in [1.54, 1.807) is 0 Å². The molecular formula is C21H14Cl3F8N3O2. The fourth-order valence-electron chi connectivity index (χ4n) is 2.85. The Bertz CT molecular complexity index is 1200. The van der Waals surface area contributed by atoms with Gasteiger partial charge in [0, 0.05) is 5.56 Å². The van der Waals surface area contributed by atoms with Crippen LogP contribution >= 0.6 is 34.8 Å². The number of rotatable bonds is 7. The first-order valence-electron chi connectivity index (χ1n) is 9.69. The van der Waals surface area contributed by atoms with Crippen LogP contribution in [0.25, 0.3) is 5.83 Å². The monoisotopic (exact) mass is 597 g/mol. The van der Waals surface area contributed by atoms with Gasteiger partial charge in [-0.1, -0.05) is 40.9 Å². The first-order chi connectivity index (χ1) is 16.9. The smallest absolute Gasteiger partial charge is 0.345 e. The minimum atomic E-state index is -5.03. The van der Waals surface area contributed by atoms with Crippen LogP contribution in [0.3, 0.4) is 0 Å². The number of amides is 2. The van der Waals surface area contributed by atoms with E-state index in [-0.39, 0.29) is 26.2 Å². The molecule has 2 aromatic carbocycles. The Balaban J connectivity index is 2.28. The van der Waals surface area contributed by atoms with E-state index in [1.165, 1.54) is 5.32 Å². The molecule has 0 saturated heterocycles. The first-order valence-corrected chi connectivity index (χ1v) is 10.8. The number of nitrogens with zero attached hydrogens (tertiary/aromatic N) is 1. The Hall–Kier alpha value is -2.61. The average molecular weight is 599 g/mol. The van der Waals surface area contributed by atoms with Gasteiger partial charge in [0.15, 0.2) is 0 Å². The summed E-state index contributed by atoms with van der Waals surface area (Å²) in [6.07, 6.45) is -9.62. The predicted octanol–water partition coefficient (Wildman–Crippen LogP) is 6.44. The van der Waals surface area contributed by atoms with Crippen molar-refractivity contribution in [2.75, 3.05) is 13.1 Å². The summed E-state index contributed by atoms with van der Waals surface area (Å²) in [5.41, 5.74) is -2.08. The molecule has 0 aliphatic heterocycles. The molecule has 2 rings (SSSR count). The predicted molar refractivity (Wildman–Crippen MR) is 120 cm³/mol. The summed E-state index contributed by atoms with van der Waals surface area (Å²) in [4.78, 5) is 23.7. The maximum atomic E-state index is 14.7. The third-order valence-corrected chi connectivity index (χ3v) is 5.76. The van der Waals surface area contributed by atoms with Crippen LogP contribution in [0.15, 0.2) is 36.4 Å². The zero-order valence-electron chi connectivity index (χ0n) is 18.0. The van der Waals surface area contributed by atoms with Crippen molar-refractivity contribution in [2.24, 2.45) is 5.84 Å². The van der Waals surface area contributed by atoms with Crippen molar-refractivity contribution in [1.29, 1.82) is 0 Å². The second-order valence-corrected chi connectivity index (χ2v) is 8.54. The second kappa shape index (κ2) is 11.8. The molecule has 0 aliphatic rings. The number of hydrazine groups is 1. The fraction of sp³-hybridized carbons (Fsp3) is 0.238. The van der Waals surface area contributed by atoms with Crippen LogP contribution in [-0.2, 0) is 4.79 Å². The van der Waals surface area contributed by atoms with Crippen molar-refractivity contribution in [3.63, 3.8) is 0 Å². The molecule has 0 saturated carbocycles. The molecule has 37 heavy (non-hydrogen) atoms. The van der Waals surface area contributed by atoms with E-state index < -0.39 is 71.5 Å². The maximum Gasteiger partial charge on any atom is 0.405 e. The molecule has 1 unspecified atom stereocenters. The van der Waals surface area contributed by atoms with Crippen molar-refractivity contribution in [1.82, 2.24) is 10.3 Å². The Labute approximate surface area is 218 Å². The maximum absolute atomic E-state index is 14.7. The second-order valence-electron chi connectivity index (χ2n) is 7.35. The minimum absolute atomic E-state index is 0.101. The lowest BCUT2D eigenvalue weighted by molar-refractivity contribution is -0.139. The lowest BCUT2D eigenvalue weighted by Gasteiger charge is -2.19. The van der Waals surface area contributed by atoms with Crippen molar-refractivity contribution in [3.8, 4) is 0 Å². The number of nitrogens with two attached hydrogens (primary N) is 1. The highest BCUT2D eigenvalue weighted by Crippen LogP contribution is 2.42. The number of halogens is 11. The van der Waals surface area contributed by atoms with Gasteiger partial charge in [-0.25, -0.2) is 14.6 Å². The van der Waals surface area contributed by atoms with E-state index >= 15 is 0 Å². The highest BCUT2D eigenvalue weighted by atomic mass is 35.5. The lowest BCUT2D eigenvalue weighted by atomic mass is 9.96. The normalized spacial score (nSPS) is 13.4. The van der Waals surface area contributed by atoms with E-state index in [0.717, 1.165) is 18.2 Å². The van der Waals surface area contributed by atoms with Crippen LogP contribution < -0.4 is 11.2 Å². The van der Waals surface area contributed by atoms with Gasteiger partial charge in [-0.3, -0.25) is 14.6 Å². The zero-order chi connectivity index (χ0) is 28.3. The summed E-state index contributed by atoms with van der Waals surface area (Å²) < 4.78 is 107. The molecular weight excluding hydrogens is 585 g/mol. The number of benzene rings is 2. The highest BCUT2D eigenvalue weighted by Gasteiger charge is 2.40. The number of nitrogens with one attached hydrogen (secondary N) is 1. The molecule has 0 fully saturated rings. The van der Waals surface area contributed by atoms with Gasteiger partial charge in [0.05, 0.1) is 20.6 Å². The van der Waals surface area contributed by atoms with E-state index in [9.17, 15) is 44.7 Å². The van der Waals surface area contributed by atoms with Gasteiger partial charge in [0.1, 0.15) is 30.7 Å². The number of alkyl halides is 6. The zero-order valence-corrected chi connectivity index (χ0v) is 20.2. The Morgan fingerprint density at radius 3 is 2.08 bits per heavy atom. The summed E-state index contributed by atoms with van der Waals surface area (Å²) in [6, 6.07) is 3.49. The van der Waals surface area contributed by atoms with E-state index in [0.29, 0.717) is 12.1 Å². The molecule has 2 amide bonds. The SMILES string of the molecule is NN(CC(=O)NCC(F)(F)F)C(=O)c1ccc(/C(F)=C/C(c2cc(Cl)c(Cl)c(Cl)c2)C(F)(F)F)cc1F. The molecule has 0 aliphatic carbocycles. The van der Waals surface area contributed by atoms with Gasteiger partial charge in [-0.15, -0.1) is 0 Å². The van der Waals surface area contributed by atoms with E-state index in [2.05, 4.69) is 0 Å². The Morgan fingerprint density at radius 2 is 1.59 bits per heavy atom. The van der Waals surface area contributed by atoms with Crippen LogP contribution in [0.1, 0.15) is 27.4 Å². The van der Waals surface area contributed by atoms with Crippen LogP contribution in [-0.4, -0.2) is 42.3 Å². The molecule has 0 heterocycles. The molecule has 3 N–H and O–H groups in total. The third kappa shape index (κ3) is 8.45. The molecule has 0 aromatic heterocycles.